The second kappa shape index (κ2) is 9.80. The summed E-state index contributed by atoms with van der Waals surface area (Å²) < 4.78 is 2.40. The van der Waals surface area contributed by atoms with Gasteiger partial charge in [-0.1, -0.05) is 108 Å². The van der Waals surface area contributed by atoms with Gasteiger partial charge in [0.2, 0.25) is 0 Å². The van der Waals surface area contributed by atoms with Gasteiger partial charge >= 0.3 is 6.85 Å². The van der Waals surface area contributed by atoms with Gasteiger partial charge in [-0.2, -0.15) is 10.5 Å². The first-order valence-electron chi connectivity index (χ1n) is 15.8. The highest BCUT2D eigenvalue weighted by atomic mass is 32.2. The van der Waals surface area contributed by atoms with Gasteiger partial charge in [0.05, 0.1) is 33.5 Å². The molecule has 0 saturated carbocycles. The summed E-state index contributed by atoms with van der Waals surface area (Å²) in [6.45, 7) is 12.9. The molecule has 2 aliphatic heterocycles. The van der Waals surface area contributed by atoms with Crippen LogP contribution in [0.3, 0.4) is 0 Å². The second-order valence-electron chi connectivity index (χ2n) is 14.5. The van der Waals surface area contributed by atoms with Crippen molar-refractivity contribution >= 4 is 62.7 Å². The molecular formula is C40H33BN4S. The number of hydrogen-bond donors (Lipinski definition) is 0. The lowest BCUT2D eigenvalue weighted by Crippen LogP contribution is -2.59. The van der Waals surface area contributed by atoms with Crippen LogP contribution in [-0.2, 0) is 10.8 Å². The summed E-state index contributed by atoms with van der Waals surface area (Å²) in [4.78, 5) is 4.41. The second-order valence-corrected chi connectivity index (χ2v) is 15.6. The molecule has 4 nitrogen and oxygen atoms in total. The fourth-order valence-electron chi connectivity index (χ4n) is 7.28. The maximum atomic E-state index is 10.8. The fourth-order valence-corrected chi connectivity index (χ4v) is 8.50. The molecule has 46 heavy (non-hydrogen) atoms. The van der Waals surface area contributed by atoms with E-state index in [1.165, 1.54) is 21.8 Å². The summed E-state index contributed by atoms with van der Waals surface area (Å²) in [5.74, 6) is 0. The Balaban J connectivity index is 1.53. The Hall–Kier alpha value is -4.91. The third-order valence-electron chi connectivity index (χ3n) is 9.58. The zero-order valence-corrected chi connectivity index (χ0v) is 27.8. The summed E-state index contributed by atoms with van der Waals surface area (Å²) in [5.41, 5.74) is 10.7. The van der Waals surface area contributed by atoms with Gasteiger partial charge in [-0.05, 0) is 69.3 Å². The summed E-state index contributed by atoms with van der Waals surface area (Å²) in [7, 11) is 0. The summed E-state index contributed by atoms with van der Waals surface area (Å²) >= 11 is 1.68. The number of benzene rings is 5. The molecule has 0 atom stereocenters. The number of fused-ring (bicyclic) bond motifs is 7. The first-order valence-corrected chi connectivity index (χ1v) is 16.6. The lowest BCUT2D eigenvalue weighted by molar-refractivity contribution is 0.588. The van der Waals surface area contributed by atoms with Gasteiger partial charge in [-0.25, -0.2) is 0 Å². The van der Waals surface area contributed by atoms with E-state index in [4.69, 9.17) is 0 Å². The van der Waals surface area contributed by atoms with E-state index in [0.717, 1.165) is 48.9 Å². The van der Waals surface area contributed by atoms with E-state index < -0.39 is 0 Å². The van der Waals surface area contributed by atoms with E-state index in [0.29, 0.717) is 11.1 Å². The molecule has 0 aliphatic carbocycles. The molecule has 5 aromatic carbocycles. The highest BCUT2D eigenvalue weighted by molar-refractivity contribution is 7.99. The van der Waals surface area contributed by atoms with Crippen molar-refractivity contribution in [2.45, 2.75) is 62.2 Å². The highest BCUT2D eigenvalue weighted by Crippen LogP contribution is 2.54. The van der Waals surface area contributed by atoms with Crippen LogP contribution in [0.5, 0.6) is 0 Å². The number of nitrogens with zero attached hydrogens (tertiary/aromatic N) is 4. The molecule has 2 aliphatic rings. The third kappa shape index (κ3) is 4.00. The van der Waals surface area contributed by atoms with Crippen molar-refractivity contribution < 1.29 is 0 Å². The molecule has 0 unspecified atom stereocenters. The van der Waals surface area contributed by atoms with Crippen molar-refractivity contribution in [3.05, 3.63) is 113 Å². The number of para-hydroxylation sites is 3. The molecule has 0 fully saturated rings. The van der Waals surface area contributed by atoms with Gasteiger partial charge in [-0.3, -0.25) is 0 Å². The number of nitriles is 2. The van der Waals surface area contributed by atoms with E-state index >= 15 is 0 Å². The van der Waals surface area contributed by atoms with Crippen LogP contribution < -0.4 is 15.7 Å². The van der Waals surface area contributed by atoms with Crippen LogP contribution in [0, 0.1) is 22.7 Å². The minimum absolute atomic E-state index is 0.138. The Morgan fingerprint density at radius 1 is 0.630 bits per heavy atom. The van der Waals surface area contributed by atoms with Crippen molar-refractivity contribution in [2.24, 2.45) is 0 Å². The minimum Gasteiger partial charge on any atom is -0.373 e. The van der Waals surface area contributed by atoms with Gasteiger partial charge in [-0.15, -0.1) is 0 Å². The molecule has 0 radical (unpaired) electrons. The largest absolute Gasteiger partial charge is 0.373 e. The zero-order chi connectivity index (χ0) is 32.1. The zero-order valence-electron chi connectivity index (χ0n) is 26.9. The molecule has 0 N–H and O–H groups in total. The Morgan fingerprint density at radius 3 is 1.78 bits per heavy atom. The average molecular weight is 613 g/mol. The van der Waals surface area contributed by atoms with E-state index in [9.17, 15) is 10.5 Å². The van der Waals surface area contributed by atoms with Crippen molar-refractivity contribution in [1.29, 1.82) is 10.5 Å². The lowest BCUT2D eigenvalue weighted by Gasteiger charge is -2.42. The van der Waals surface area contributed by atoms with Crippen LogP contribution in [0.1, 0.15) is 63.8 Å². The van der Waals surface area contributed by atoms with E-state index in [2.05, 4.69) is 154 Å². The third-order valence-corrected chi connectivity index (χ3v) is 10.6. The fraction of sp³-hybridized carbons (Fsp3) is 0.200. The first-order chi connectivity index (χ1) is 22.0. The Morgan fingerprint density at radius 2 is 1.17 bits per heavy atom. The number of anilines is 2. The molecule has 6 aromatic rings. The summed E-state index contributed by atoms with van der Waals surface area (Å²) in [6.07, 6.45) is 0. The Kier molecular flexibility index (Phi) is 6.08. The SMILES string of the molecule is CC(C)(C)c1cc(C#N)c2c(c1)Sc1cc(C(C)(C)C)cc(C#N)c1N2B1c2ccccc2-n2c3ccccc3c3cccc1c32. The topological polar surface area (TPSA) is 55.8 Å². The molecule has 1 aromatic heterocycles. The van der Waals surface area contributed by atoms with Crippen molar-refractivity contribution in [3.8, 4) is 17.8 Å². The highest BCUT2D eigenvalue weighted by Gasteiger charge is 2.43. The van der Waals surface area contributed by atoms with E-state index in [1.807, 2.05) is 0 Å². The molecule has 222 valence electrons. The van der Waals surface area contributed by atoms with E-state index in [1.54, 1.807) is 11.8 Å². The minimum atomic E-state index is -0.268. The number of rotatable bonds is 1. The first kappa shape index (κ1) is 28.6. The summed E-state index contributed by atoms with van der Waals surface area (Å²) in [6, 6.07) is 37.6. The normalized spacial score (nSPS) is 13.7. The van der Waals surface area contributed by atoms with Gasteiger partial charge in [0.1, 0.15) is 12.1 Å². The van der Waals surface area contributed by atoms with Gasteiger partial charge in [0, 0.05) is 26.3 Å². The number of hydrogen-bond acceptors (Lipinski definition) is 4. The van der Waals surface area contributed by atoms with Gasteiger partial charge < -0.3 is 9.38 Å². The van der Waals surface area contributed by atoms with Gasteiger partial charge in [0.25, 0.3) is 0 Å². The van der Waals surface area contributed by atoms with E-state index in [-0.39, 0.29) is 17.7 Å². The molecular weight excluding hydrogens is 579 g/mol. The quantitative estimate of drug-likeness (QED) is 0.174. The molecule has 3 heterocycles. The van der Waals surface area contributed by atoms with Crippen LogP contribution in [0.15, 0.2) is 101 Å². The average Bonchev–Trinajstić information content (AvgIpc) is 3.38. The molecule has 0 saturated heterocycles. The maximum Gasteiger partial charge on any atom is 0.332 e. The van der Waals surface area contributed by atoms with Crippen LogP contribution >= 0.6 is 11.8 Å². The predicted octanol–water partition coefficient (Wildman–Crippen LogP) is 8.84. The maximum absolute atomic E-state index is 10.8. The molecule has 0 amide bonds. The van der Waals surface area contributed by atoms with Crippen LogP contribution in [0.2, 0.25) is 0 Å². The van der Waals surface area contributed by atoms with Crippen molar-refractivity contribution in [2.75, 3.05) is 4.81 Å². The molecule has 6 heteroatoms. The monoisotopic (exact) mass is 612 g/mol. The van der Waals surface area contributed by atoms with Crippen molar-refractivity contribution in [3.63, 3.8) is 0 Å². The van der Waals surface area contributed by atoms with Crippen LogP contribution in [0.25, 0.3) is 27.5 Å². The molecule has 8 rings (SSSR count). The Labute approximate surface area is 275 Å². The summed E-state index contributed by atoms with van der Waals surface area (Å²) in [5, 5.41) is 24.0. The van der Waals surface area contributed by atoms with Gasteiger partial charge in [0.15, 0.2) is 0 Å². The van der Waals surface area contributed by atoms with Crippen molar-refractivity contribution in [1.82, 2.24) is 4.57 Å². The van der Waals surface area contributed by atoms with Crippen LogP contribution in [0.4, 0.5) is 11.4 Å². The van der Waals surface area contributed by atoms with Crippen LogP contribution in [-0.4, -0.2) is 11.4 Å². The predicted molar refractivity (Wildman–Crippen MR) is 192 cm³/mol. The smallest absolute Gasteiger partial charge is 0.332 e. The number of aromatic nitrogens is 1. The Bertz CT molecular complexity index is 2280. The molecule has 0 spiro atoms. The standard InChI is InChI=1S/C40H33BN4S/c1-39(2,3)26-18-24(22-42)36-34(20-26)46-35-21-27(40(4,5)6)19-25(23-43)37(35)45(36)41-30-14-8-10-17-33(30)44-32-16-9-7-12-28(32)29-13-11-15-31(41)38(29)44/h7-21H,1-6H3. The molecule has 0 bridgehead atoms. The lowest BCUT2D eigenvalue weighted by atomic mass is 9.46.